The molecule has 1 fully saturated rings. The van der Waals surface area contributed by atoms with E-state index in [4.69, 9.17) is 5.73 Å². The molecule has 2 unspecified atom stereocenters. The van der Waals surface area contributed by atoms with Crippen LogP contribution in [0, 0.1) is 0 Å². The molecule has 4 heterocycles. The summed E-state index contributed by atoms with van der Waals surface area (Å²) in [6.07, 6.45) is 3.68. The van der Waals surface area contributed by atoms with Crippen LogP contribution in [0.3, 0.4) is 0 Å². The lowest BCUT2D eigenvalue weighted by Gasteiger charge is -2.42. The lowest BCUT2D eigenvalue weighted by Crippen LogP contribution is -2.61. The SMILES string of the molecule is NC1=NC2c3cc[nH]c3C(=O)N3CCCC23N1. The second kappa shape index (κ2) is 2.64. The fraction of sp³-hybridized carbons (Fsp3) is 0.455. The van der Waals surface area contributed by atoms with Crippen molar-refractivity contribution in [2.75, 3.05) is 6.54 Å². The fourth-order valence-electron chi connectivity index (χ4n) is 3.36. The number of aliphatic imine (C=N–C) groups is 1. The number of amides is 1. The number of hydrogen-bond acceptors (Lipinski definition) is 4. The van der Waals surface area contributed by atoms with Crippen molar-refractivity contribution in [3.63, 3.8) is 0 Å². The van der Waals surface area contributed by atoms with Crippen LogP contribution in [0.2, 0.25) is 0 Å². The normalized spacial score (nSPS) is 33.9. The van der Waals surface area contributed by atoms with Gasteiger partial charge in [0.15, 0.2) is 5.96 Å². The predicted molar refractivity (Wildman–Crippen MR) is 61.3 cm³/mol. The highest BCUT2D eigenvalue weighted by Gasteiger charge is 2.57. The number of H-pyrrole nitrogens is 1. The van der Waals surface area contributed by atoms with E-state index < -0.39 is 5.66 Å². The van der Waals surface area contributed by atoms with Crippen LogP contribution in [0.25, 0.3) is 0 Å². The first-order chi connectivity index (χ1) is 8.22. The number of guanidine groups is 1. The Labute approximate surface area is 97.9 Å². The van der Waals surface area contributed by atoms with Crippen molar-refractivity contribution < 1.29 is 4.79 Å². The van der Waals surface area contributed by atoms with Crippen LogP contribution in [-0.4, -0.2) is 34.0 Å². The summed E-state index contributed by atoms with van der Waals surface area (Å²) in [6.45, 7) is 0.767. The molecule has 1 aromatic rings. The summed E-state index contributed by atoms with van der Waals surface area (Å²) in [5.41, 5.74) is 7.02. The molecule has 0 saturated carbocycles. The molecule has 0 aliphatic carbocycles. The summed E-state index contributed by atoms with van der Waals surface area (Å²) in [5.74, 6) is 0.486. The fourth-order valence-corrected chi connectivity index (χ4v) is 3.36. The number of carbonyl (C=O) groups is 1. The molecule has 3 aliphatic rings. The topological polar surface area (TPSA) is 86.5 Å². The summed E-state index contributed by atoms with van der Waals surface area (Å²) in [4.78, 5) is 21.7. The molecule has 1 saturated heterocycles. The van der Waals surface area contributed by atoms with E-state index in [9.17, 15) is 4.79 Å². The maximum absolute atomic E-state index is 12.4. The Morgan fingerprint density at radius 2 is 2.47 bits per heavy atom. The lowest BCUT2D eigenvalue weighted by atomic mass is 9.88. The van der Waals surface area contributed by atoms with Gasteiger partial charge in [0, 0.05) is 18.3 Å². The van der Waals surface area contributed by atoms with Gasteiger partial charge in [0.1, 0.15) is 17.4 Å². The van der Waals surface area contributed by atoms with Gasteiger partial charge in [-0.05, 0) is 18.9 Å². The zero-order chi connectivity index (χ0) is 11.6. The third kappa shape index (κ3) is 0.878. The molecule has 88 valence electrons. The molecule has 3 aliphatic heterocycles. The number of fused-ring (bicyclic) bond motifs is 2. The van der Waals surface area contributed by atoms with Crippen LogP contribution in [0.1, 0.15) is 34.9 Å². The largest absolute Gasteiger partial charge is 0.370 e. The molecule has 4 rings (SSSR count). The van der Waals surface area contributed by atoms with Gasteiger partial charge in [-0.3, -0.25) is 4.79 Å². The lowest BCUT2D eigenvalue weighted by molar-refractivity contribution is 0.0465. The summed E-state index contributed by atoms with van der Waals surface area (Å²) in [5, 5.41) is 3.21. The standard InChI is InChI=1S/C11H13N5O/c12-10-14-8-6-2-4-13-7(6)9(17)16-5-1-3-11(8,16)15-10/h2,4,8,13H,1,3,5H2,(H3,12,14,15). The molecule has 1 spiro atoms. The number of aromatic amines is 1. The molecule has 4 N–H and O–H groups in total. The first-order valence-corrected chi connectivity index (χ1v) is 5.83. The van der Waals surface area contributed by atoms with Gasteiger partial charge in [0.2, 0.25) is 0 Å². The zero-order valence-electron chi connectivity index (χ0n) is 9.23. The van der Waals surface area contributed by atoms with Gasteiger partial charge in [0.05, 0.1) is 0 Å². The number of nitrogens with zero attached hydrogens (tertiary/aromatic N) is 2. The molecule has 1 amide bonds. The molecular formula is C11H13N5O. The monoisotopic (exact) mass is 231 g/mol. The van der Waals surface area contributed by atoms with Crippen molar-refractivity contribution in [2.45, 2.75) is 24.5 Å². The van der Waals surface area contributed by atoms with Gasteiger partial charge in [-0.1, -0.05) is 0 Å². The minimum Gasteiger partial charge on any atom is -0.370 e. The molecule has 1 aromatic heterocycles. The summed E-state index contributed by atoms with van der Waals surface area (Å²) >= 11 is 0. The van der Waals surface area contributed by atoms with Gasteiger partial charge < -0.3 is 20.9 Å². The third-order valence-electron chi connectivity index (χ3n) is 4.02. The van der Waals surface area contributed by atoms with Crippen LogP contribution < -0.4 is 11.1 Å². The Morgan fingerprint density at radius 3 is 3.35 bits per heavy atom. The number of aromatic nitrogens is 1. The number of hydrogen-bond donors (Lipinski definition) is 3. The average molecular weight is 231 g/mol. The van der Waals surface area contributed by atoms with Gasteiger partial charge in [-0.2, -0.15) is 0 Å². The van der Waals surface area contributed by atoms with E-state index in [1.807, 2.05) is 11.0 Å². The van der Waals surface area contributed by atoms with Crippen LogP contribution in [0.5, 0.6) is 0 Å². The van der Waals surface area contributed by atoms with E-state index in [2.05, 4.69) is 15.3 Å². The Bertz CT molecular complexity index is 548. The van der Waals surface area contributed by atoms with Gasteiger partial charge in [0.25, 0.3) is 5.91 Å². The van der Waals surface area contributed by atoms with E-state index in [1.54, 1.807) is 6.20 Å². The first-order valence-electron chi connectivity index (χ1n) is 5.83. The number of carbonyl (C=O) groups excluding carboxylic acids is 1. The van der Waals surface area contributed by atoms with Gasteiger partial charge >= 0.3 is 0 Å². The highest BCUT2D eigenvalue weighted by atomic mass is 16.2. The summed E-state index contributed by atoms with van der Waals surface area (Å²) < 4.78 is 0. The molecule has 2 atom stereocenters. The Morgan fingerprint density at radius 1 is 1.59 bits per heavy atom. The summed E-state index contributed by atoms with van der Waals surface area (Å²) in [6, 6.07) is 1.86. The van der Waals surface area contributed by atoms with Crippen LogP contribution >= 0.6 is 0 Å². The number of nitrogens with one attached hydrogen (secondary N) is 2. The average Bonchev–Trinajstić information content (AvgIpc) is 2.96. The molecular weight excluding hydrogens is 218 g/mol. The van der Waals surface area contributed by atoms with Crippen LogP contribution in [-0.2, 0) is 0 Å². The maximum atomic E-state index is 12.4. The van der Waals surface area contributed by atoms with Gasteiger partial charge in [-0.25, -0.2) is 4.99 Å². The summed E-state index contributed by atoms with van der Waals surface area (Å²) in [7, 11) is 0. The van der Waals surface area contributed by atoms with Crippen molar-refractivity contribution in [3.05, 3.63) is 23.5 Å². The third-order valence-corrected chi connectivity index (χ3v) is 4.02. The van der Waals surface area contributed by atoms with E-state index in [0.717, 1.165) is 24.9 Å². The van der Waals surface area contributed by atoms with E-state index >= 15 is 0 Å². The molecule has 0 radical (unpaired) electrons. The van der Waals surface area contributed by atoms with Crippen LogP contribution in [0.4, 0.5) is 0 Å². The Hall–Kier alpha value is -1.98. The van der Waals surface area contributed by atoms with Crippen molar-refractivity contribution in [3.8, 4) is 0 Å². The highest BCUT2D eigenvalue weighted by molar-refractivity contribution is 5.98. The first kappa shape index (κ1) is 9.09. The Balaban J connectivity index is 1.97. The highest BCUT2D eigenvalue weighted by Crippen LogP contribution is 2.47. The minimum atomic E-state index is -0.406. The van der Waals surface area contributed by atoms with Crippen molar-refractivity contribution in [1.29, 1.82) is 0 Å². The van der Waals surface area contributed by atoms with E-state index in [1.165, 1.54) is 0 Å². The quantitative estimate of drug-likeness (QED) is 0.583. The number of rotatable bonds is 0. The molecule has 0 bridgehead atoms. The van der Waals surface area contributed by atoms with E-state index in [-0.39, 0.29) is 11.9 Å². The molecule has 6 heteroatoms. The van der Waals surface area contributed by atoms with E-state index in [0.29, 0.717) is 11.7 Å². The molecule has 6 nitrogen and oxygen atoms in total. The van der Waals surface area contributed by atoms with Crippen molar-refractivity contribution in [1.82, 2.24) is 15.2 Å². The Kier molecular flexibility index (Phi) is 1.41. The second-order valence-corrected chi connectivity index (χ2v) is 4.83. The predicted octanol–water partition coefficient (Wildman–Crippen LogP) is -0.0804. The maximum Gasteiger partial charge on any atom is 0.272 e. The zero-order valence-corrected chi connectivity index (χ0v) is 9.23. The molecule has 17 heavy (non-hydrogen) atoms. The number of nitrogens with two attached hydrogens (primary N) is 1. The second-order valence-electron chi connectivity index (χ2n) is 4.83. The molecule has 0 aromatic carbocycles. The smallest absolute Gasteiger partial charge is 0.272 e. The van der Waals surface area contributed by atoms with Gasteiger partial charge in [-0.15, -0.1) is 0 Å². The van der Waals surface area contributed by atoms with Crippen molar-refractivity contribution >= 4 is 11.9 Å². The van der Waals surface area contributed by atoms with Crippen LogP contribution in [0.15, 0.2) is 17.3 Å². The van der Waals surface area contributed by atoms with Crippen molar-refractivity contribution in [2.24, 2.45) is 10.7 Å². The minimum absolute atomic E-state index is 0.0520.